The third-order valence-corrected chi connectivity index (χ3v) is 3.04. The van der Waals surface area contributed by atoms with E-state index in [2.05, 4.69) is 17.1 Å². The number of Topliss-reactive ketones (excluding diaryl/α,β-unsaturated/α-hetero) is 1. The maximum Gasteiger partial charge on any atom is 0.135 e. The summed E-state index contributed by atoms with van der Waals surface area (Å²) in [6.07, 6.45) is 8.59. The van der Waals surface area contributed by atoms with Gasteiger partial charge in [-0.1, -0.05) is 12.2 Å². The van der Waals surface area contributed by atoms with E-state index in [9.17, 15) is 4.79 Å². The zero-order valence-corrected chi connectivity index (χ0v) is 8.04. The topological polar surface area (TPSA) is 20.3 Å². The van der Waals surface area contributed by atoms with Gasteiger partial charge in [-0.3, -0.25) is 4.79 Å². The van der Waals surface area contributed by atoms with Crippen LogP contribution in [0, 0.1) is 5.92 Å². The summed E-state index contributed by atoms with van der Waals surface area (Å²) in [5.41, 5.74) is 0. The van der Waals surface area contributed by atoms with Gasteiger partial charge >= 0.3 is 0 Å². The highest BCUT2D eigenvalue weighted by Gasteiger charge is 2.19. The third kappa shape index (κ3) is 2.41. The molecule has 1 saturated heterocycles. The molecule has 0 unspecified atom stereocenters. The first-order valence-electron chi connectivity index (χ1n) is 5.23. The number of piperidine rings is 1. The standard InChI is InChI=1S/C11H17NO/c13-11-5-7-12(8-6-11)9-10-3-1-2-4-10/h1-2,10H,3-9H2. The van der Waals surface area contributed by atoms with E-state index in [0.717, 1.165) is 31.8 Å². The van der Waals surface area contributed by atoms with Crippen LogP contribution >= 0.6 is 0 Å². The summed E-state index contributed by atoms with van der Waals surface area (Å²) >= 11 is 0. The summed E-state index contributed by atoms with van der Waals surface area (Å²) in [7, 11) is 0. The normalized spacial score (nSPS) is 25.7. The van der Waals surface area contributed by atoms with Crippen LogP contribution < -0.4 is 0 Å². The van der Waals surface area contributed by atoms with E-state index in [0.29, 0.717) is 5.78 Å². The van der Waals surface area contributed by atoms with Gasteiger partial charge in [-0.15, -0.1) is 0 Å². The molecule has 0 atom stereocenters. The molecule has 0 saturated carbocycles. The molecule has 2 nitrogen and oxygen atoms in total. The summed E-state index contributed by atoms with van der Waals surface area (Å²) in [6, 6.07) is 0. The van der Waals surface area contributed by atoms with Crippen molar-refractivity contribution in [2.24, 2.45) is 5.92 Å². The summed E-state index contributed by atoms with van der Waals surface area (Å²) in [4.78, 5) is 13.5. The van der Waals surface area contributed by atoms with Crippen LogP contribution in [0.2, 0.25) is 0 Å². The SMILES string of the molecule is O=C1CCN(CC2CC=CC2)CC1. The van der Waals surface area contributed by atoms with Gasteiger partial charge < -0.3 is 4.90 Å². The Morgan fingerprint density at radius 3 is 2.46 bits per heavy atom. The van der Waals surface area contributed by atoms with Gasteiger partial charge in [0.1, 0.15) is 5.78 Å². The minimum Gasteiger partial charge on any atom is -0.302 e. The number of rotatable bonds is 2. The van der Waals surface area contributed by atoms with Crippen LogP contribution in [-0.2, 0) is 4.79 Å². The summed E-state index contributed by atoms with van der Waals surface area (Å²) in [5.74, 6) is 1.27. The quantitative estimate of drug-likeness (QED) is 0.600. The molecule has 13 heavy (non-hydrogen) atoms. The van der Waals surface area contributed by atoms with E-state index < -0.39 is 0 Å². The van der Waals surface area contributed by atoms with Crippen LogP contribution in [0.3, 0.4) is 0 Å². The molecule has 1 heterocycles. The molecule has 1 aliphatic heterocycles. The Morgan fingerprint density at radius 2 is 1.85 bits per heavy atom. The van der Waals surface area contributed by atoms with E-state index >= 15 is 0 Å². The fourth-order valence-electron chi connectivity index (χ4n) is 2.17. The predicted octanol–water partition coefficient (Wildman–Crippen LogP) is 1.62. The summed E-state index contributed by atoms with van der Waals surface area (Å²) < 4.78 is 0. The van der Waals surface area contributed by atoms with Crippen molar-refractivity contribution in [3.63, 3.8) is 0 Å². The van der Waals surface area contributed by atoms with Crippen molar-refractivity contribution in [3.05, 3.63) is 12.2 Å². The van der Waals surface area contributed by atoms with Crippen molar-refractivity contribution >= 4 is 5.78 Å². The van der Waals surface area contributed by atoms with Crippen molar-refractivity contribution < 1.29 is 4.79 Å². The van der Waals surface area contributed by atoms with Gasteiger partial charge in [0.05, 0.1) is 0 Å². The fourth-order valence-corrected chi connectivity index (χ4v) is 2.17. The second-order valence-corrected chi connectivity index (χ2v) is 4.15. The van der Waals surface area contributed by atoms with Gasteiger partial charge in [-0.2, -0.15) is 0 Å². The number of hydrogen-bond acceptors (Lipinski definition) is 2. The van der Waals surface area contributed by atoms with E-state index in [4.69, 9.17) is 0 Å². The van der Waals surface area contributed by atoms with Gasteiger partial charge in [0, 0.05) is 32.5 Å². The second kappa shape index (κ2) is 4.05. The largest absolute Gasteiger partial charge is 0.302 e. The molecular weight excluding hydrogens is 162 g/mol. The smallest absolute Gasteiger partial charge is 0.135 e. The Hall–Kier alpha value is -0.630. The molecule has 72 valence electrons. The van der Waals surface area contributed by atoms with Crippen molar-refractivity contribution in [2.45, 2.75) is 25.7 Å². The average Bonchev–Trinajstić information content (AvgIpc) is 2.62. The van der Waals surface area contributed by atoms with Crippen molar-refractivity contribution in [2.75, 3.05) is 19.6 Å². The molecule has 0 radical (unpaired) electrons. The minimum absolute atomic E-state index is 0.445. The van der Waals surface area contributed by atoms with E-state index in [-0.39, 0.29) is 0 Å². The number of carbonyl (C=O) groups is 1. The Balaban J connectivity index is 1.73. The third-order valence-electron chi connectivity index (χ3n) is 3.04. The molecule has 1 aliphatic carbocycles. The molecular formula is C11H17NO. The molecule has 0 spiro atoms. The van der Waals surface area contributed by atoms with E-state index in [1.54, 1.807) is 0 Å². The average molecular weight is 179 g/mol. The molecule has 0 aromatic rings. The van der Waals surface area contributed by atoms with Crippen LogP contribution in [0.5, 0.6) is 0 Å². The Kier molecular flexibility index (Phi) is 2.79. The highest BCUT2D eigenvalue weighted by molar-refractivity contribution is 5.79. The van der Waals surface area contributed by atoms with Crippen molar-refractivity contribution in [3.8, 4) is 0 Å². The lowest BCUT2D eigenvalue weighted by molar-refractivity contribution is -0.121. The van der Waals surface area contributed by atoms with Gasteiger partial charge in [0.15, 0.2) is 0 Å². The lowest BCUT2D eigenvalue weighted by Gasteiger charge is -2.28. The lowest BCUT2D eigenvalue weighted by Crippen LogP contribution is -2.36. The van der Waals surface area contributed by atoms with E-state index in [1.165, 1.54) is 19.4 Å². The molecule has 2 rings (SSSR count). The van der Waals surface area contributed by atoms with Crippen molar-refractivity contribution in [1.29, 1.82) is 0 Å². The number of likely N-dealkylation sites (tertiary alicyclic amines) is 1. The molecule has 0 bridgehead atoms. The highest BCUT2D eigenvalue weighted by atomic mass is 16.1. The Morgan fingerprint density at radius 1 is 1.23 bits per heavy atom. The maximum atomic E-state index is 11.0. The van der Waals surface area contributed by atoms with Gasteiger partial charge in [0.25, 0.3) is 0 Å². The summed E-state index contributed by atoms with van der Waals surface area (Å²) in [6.45, 7) is 3.19. The first kappa shape index (κ1) is 8.95. The number of nitrogens with zero attached hydrogens (tertiary/aromatic N) is 1. The van der Waals surface area contributed by atoms with Crippen molar-refractivity contribution in [1.82, 2.24) is 4.90 Å². The van der Waals surface area contributed by atoms with Crippen LogP contribution in [-0.4, -0.2) is 30.3 Å². The molecule has 0 N–H and O–H groups in total. The first-order valence-corrected chi connectivity index (χ1v) is 5.23. The van der Waals surface area contributed by atoms with Gasteiger partial charge in [-0.25, -0.2) is 0 Å². The van der Waals surface area contributed by atoms with E-state index in [1.807, 2.05) is 0 Å². The van der Waals surface area contributed by atoms with Crippen LogP contribution in [0.1, 0.15) is 25.7 Å². The fraction of sp³-hybridized carbons (Fsp3) is 0.727. The number of hydrogen-bond donors (Lipinski definition) is 0. The number of carbonyl (C=O) groups excluding carboxylic acids is 1. The molecule has 2 aliphatic rings. The van der Waals surface area contributed by atoms with Gasteiger partial charge in [-0.05, 0) is 18.8 Å². The molecule has 1 fully saturated rings. The van der Waals surface area contributed by atoms with Gasteiger partial charge in [0.2, 0.25) is 0 Å². The highest BCUT2D eigenvalue weighted by Crippen LogP contribution is 2.20. The first-order chi connectivity index (χ1) is 6.34. The van der Waals surface area contributed by atoms with Crippen LogP contribution in [0.15, 0.2) is 12.2 Å². The minimum atomic E-state index is 0.445. The Labute approximate surface area is 79.6 Å². The molecule has 0 aromatic carbocycles. The Bertz CT molecular complexity index is 204. The molecule has 2 heteroatoms. The monoisotopic (exact) mass is 179 g/mol. The summed E-state index contributed by atoms with van der Waals surface area (Å²) in [5, 5.41) is 0. The van der Waals surface area contributed by atoms with Crippen LogP contribution in [0.25, 0.3) is 0 Å². The number of ketones is 1. The maximum absolute atomic E-state index is 11.0. The zero-order valence-electron chi connectivity index (χ0n) is 8.04. The number of allylic oxidation sites excluding steroid dienone is 2. The van der Waals surface area contributed by atoms with Crippen LogP contribution in [0.4, 0.5) is 0 Å². The zero-order chi connectivity index (χ0) is 9.10. The molecule has 0 aromatic heterocycles. The second-order valence-electron chi connectivity index (χ2n) is 4.15. The predicted molar refractivity (Wildman–Crippen MR) is 52.5 cm³/mol. The molecule has 0 amide bonds. The lowest BCUT2D eigenvalue weighted by atomic mass is 10.0.